The second kappa shape index (κ2) is 6.87. The van der Waals surface area contributed by atoms with E-state index in [9.17, 15) is 18.4 Å². The molecule has 1 aromatic carbocycles. The van der Waals surface area contributed by atoms with Gasteiger partial charge in [-0.3, -0.25) is 14.2 Å². The van der Waals surface area contributed by atoms with Crippen molar-refractivity contribution in [3.05, 3.63) is 34.6 Å². The number of likely N-dealkylation sites (tertiary alicyclic amines) is 1. The number of carbonyl (C=O) groups is 2. The lowest BCUT2D eigenvalue weighted by molar-refractivity contribution is -0.146. The molecule has 168 valence electrons. The van der Waals surface area contributed by atoms with Crippen LogP contribution in [0.3, 0.4) is 0 Å². The van der Waals surface area contributed by atoms with Gasteiger partial charge in [0.2, 0.25) is 11.9 Å². The average Bonchev–Trinajstić information content (AvgIpc) is 3.49. The first-order valence-corrected chi connectivity index (χ1v) is 11.1. The molecule has 32 heavy (non-hydrogen) atoms. The summed E-state index contributed by atoms with van der Waals surface area (Å²) in [6.07, 6.45) is -1.08. The van der Waals surface area contributed by atoms with E-state index in [1.165, 1.54) is 0 Å². The summed E-state index contributed by atoms with van der Waals surface area (Å²) in [4.78, 5) is 29.4. The predicted octanol–water partition coefficient (Wildman–Crippen LogP) is 2.09. The van der Waals surface area contributed by atoms with Crippen LogP contribution in [0.25, 0.3) is 5.69 Å². The van der Waals surface area contributed by atoms with Crippen molar-refractivity contribution in [3.8, 4) is 5.69 Å². The molecule has 0 bridgehead atoms. The minimum absolute atomic E-state index is 0.0179. The van der Waals surface area contributed by atoms with Gasteiger partial charge in [-0.15, -0.1) is 10.2 Å². The fourth-order valence-corrected chi connectivity index (χ4v) is 5.29. The summed E-state index contributed by atoms with van der Waals surface area (Å²) in [5.74, 6) is 0.312. The van der Waals surface area contributed by atoms with Crippen molar-refractivity contribution in [1.29, 1.82) is 0 Å². The van der Waals surface area contributed by atoms with Crippen LogP contribution in [-0.2, 0) is 22.7 Å². The fourth-order valence-electron chi connectivity index (χ4n) is 5.10. The van der Waals surface area contributed by atoms with Gasteiger partial charge >= 0.3 is 6.43 Å². The Morgan fingerprint density at radius 2 is 1.81 bits per heavy atom. The molecule has 2 saturated heterocycles. The first kappa shape index (κ1) is 19.9. The Morgan fingerprint density at radius 1 is 1.06 bits per heavy atom. The SMILES string of the molecule is O=C(C(F)F)N1Cc2cc(Cl)ccc2-n2c(nnc2N2CC3(CN(C(=O)C4CC4)C3)C2)C1. The molecule has 0 radical (unpaired) electrons. The summed E-state index contributed by atoms with van der Waals surface area (Å²) in [5, 5.41) is 9.03. The molecular formula is C21H21ClF2N6O2. The zero-order valence-electron chi connectivity index (χ0n) is 17.2. The van der Waals surface area contributed by atoms with Crippen LogP contribution in [0.1, 0.15) is 24.2 Å². The van der Waals surface area contributed by atoms with Crippen molar-refractivity contribution in [2.75, 3.05) is 31.1 Å². The van der Waals surface area contributed by atoms with Crippen LogP contribution in [0.4, 0.5) is 14.7 Å². The molecule has 4 aliphatic rings. The van der Waals surface area contributed by atoms with Gasteiger partial charge in [-0.05, 0) is 36.6 Å². The molecule has 1 aromatic heterocycles. The summed E-state index contributed by atoms with van der Waals surface area (Å²) in [6.45, 7) is 2.99. The van der Waals surface area contributed by atoms with Crippen LogP contribution in [0.5, 0.6) is 0 Å². The number of amides is 2. The summed E-state index contributed by atoms with van der Waals surface area (Å²) >= 11 is 6.16. The highest BCUT2D eigenvalue weighted by Gasteiger charge is 2.55. The first-order chi connectivity index (χ1) is 15.3. The Labute approximate surface area is 187 Å². The normalized spacial score (nSPS) is 21.1. The molecule has 0 atom stereocenters. The van der Waals surface area contributed by atoms with Crippen LogP contribution < -0.4 is 4.90 Å². The maximum Gasteiger partial charge on any atom is 0.315 e. The molecule has 1 saturated carbocycles. The van der Waals surface area contributed by atoms with Gasteiger partial charge in [-0.1, -0.05) is 11.6 Å². The van der Waals surface area contributed by atoms with Crippen LogP contribution in [0.2, 0.25) is 5.02 Å². The Morgan fingerprint density at radius 3 is 2.50 bits per heavy atom. The predicted molar refractivity (Wildman–Crippen MR) is 111 cm³/mol. The zero-order valence-corrected chi connectivity index (χ0v) is 17.9. The molecule has 1 spiro atoms. The van der Waals surface area contributed by atoms with E-state index in [0.717, 1.165) is 49.6 Å². The van der Waals surface area contributed by atoms with Crippen molar-refractivity contribution in [1.82, 2.24) is 24.6 Å². The number of fused-ring (bicyclic) bond motifs is 3. The lowest BCUT2D eigenvalue weighted by atomic mass is 9.73. The summed E-state index contributed by atoms with van der Waals surface area (Å²) in [6, 6.07) is 5.22. The molecule has 3 aliphatic heterocycles. The van der Waals surface area contributed by atoms with E-state index >= 15 is 0 Å². The van der Waals surface area contributed by atoms with Crippen molar-refractivity contribution in [2.45, 2.75) is 32.4 Å². The van der Waals surface area contributed by atoms with Gasteiger partial charge in [-0.2, -0.15) is 8.78 Å². The molecule has 3 fully saturated rings. The van der Waals surface area contributed by atoms with E-state index in [4.69, 9.17) is 11.6 Å². The number of alkyl halides is 2. The Hall–Kier alpha value is -2.75. The van der Waals surface area contributed by atoms with Gasteiger partial charge in [0.25, 0.3) is 5.91 Å². The number of rotatable bonds is 3. The molecular weight excluding hydrogens is 442 g/mol. The molecule has 11 heteroatoms. The molecule has 4 heterocycles. The minimum atomic E-state index is -3.10. The van der Waals surface area contributed by atoms with Crippen molar-refractivity contribution in [2.24, 2.45) is 11.3 Å². The van der Waals surface area contributed by atoms with Crippen molar-refractivity contribution >= 4 is 29.4 Å². The van der Waals surface area contributed by atoms with E-state index in [-0.39, 0.29) is 30.3 Å². The molecule has 1 aliphatic carbocycles. The lowest BCUT2D eigenvalue weighted by Crippen LogP contribution is -2.73. The zero-order chi connectivity index (χ0) is 22.2. The molecule has 0 N–H and O–H groups in total. The van der Waals surface area contributed by atoms with E-state index in [0.29, 0.717) is 22.4 Å². The molecule has 2 amide bonds. The van der Waals surface area contributed by atoms with Crippen LogP contribution in [0.15, 0.2) is 18.2 Å². The fraction of sp³-hybridized carbons (Fsp3) is 0.524. The quantitative estimate of drug-likeness (QED) is 0.698. The number of nitrogens with zero attached hydrogens (tertiary/aromatic N) is 6. The van der Waals surface area contributed by atoms with E-state index < -0.39 is 12.3 Å². The van der Waals surface area contributed by atoms with Gasteiger partial charge in [-0.25, -0.2) is 0 Å². The summed E-state index contributed by atoms with van der Waals surface area (Å²) < 4.78 is 28.1. The van der Waals surface area contributed by atoms with Gasteiger partial charge < -0.3 is 14.7 Å². The topological polar surface area (TPSA) is 74.6 Å². The highest BCUT2D eigenvalue weighted by atomic mass is 35.5. The minimum Gasteiger partial charge on any atom is -0.341 e. The first-order valence-electron chi connectivity index (χ1n) is 10.7. The number of hydrogen-bond donors (Lipinski definition) is 0. The van der Waals surface area contributed by atoms with Crippen molar-refractivity contribution in [3.63, 3.8) is 0 Å². The third kappa shape index (κ3) is 3.07. The highest BCUT2D eigenvalue weighted by Crippen LogP contribution is 2.44. The van der Waals surface area contributed by atoms with Gasteiger partial charge in [0.05, 0.1) is 12.2 Å². The summed E-state index contributed by atoms with van der Waals surface area (Å²) in [5.41, 5.74) is 1.47. The monoisotopic (exact) mass is 462 g/mol. The Balaban J connectivity index is 1.27. The number of hydrogen-bond acceptors (Lipinski definition) is 5. The molecule has 0 unspecified atom stereocenters. The number of carbonyl (C=O) groups excluding carboxylic acids is 2. The van der Waals surface area contributed by atoms with E-state index in [1.54, 1.807) is 18.2 Å². The Kier molecular flexibility index (Phi) is 4.27. The summed E-state index contributed by atoms with van der Waals surface area (Å²) in [7, 11) is 0. The number of anilines is 1. The number of benzene rings is 1. The highest BCUT2D eigenvalue weighted by molar-refractivity contribution is 6.30. The van der Waals surface area contributed by atoms with E-state index in [1.807, 2.05) is 9.47 Å². The lowest BCUT2D eigenvalue weighted by Gasteiger charge is -2.60. The van der Waals surface area contributed by atoms with Gasteiger partial charge in [0.1, 0.15) is 0 Å². The van der Waals surface area contributed by atoms with Crippen molar-refractivity contribution < 1.29 is 18.4 Å². The second-order valence-electron chi connectivity index (χ2n) is 9.34. The standard InChI is InChI=1S/C21H21ClF2N6O2/c22-14-3-4-15-13(5-14)6-27(19(32)17(23)24)7-16-25-26-20(30(15)16)29-10-21(11-29)8-28(9-21)18(31)12-1-2-12/h3-5,12,17H,1-2,6-11H2. The molecule has 8 nitrogen and oxygen atoms in total. The largest absolute Gasteiger partial charge is 0.341 e. The average molecular weight is 463 g/mol. The van der Waals surface area contributed by atoms with Crippen LogP contribution in [0, 0.1) is 11.3 Å². The number of aromatic nitrogens is 3. The molecule has 6 rings (SSSR count). The smallest absolute Gasteiger partial charge is 0.315 e. The number of halogens is 3. The maximum atomic E-state index is 13.2. The maximum absolute atomic E-state index is 13.2. The molecule has 2 aromatic rings. The third-order valence-corrected chi connectivity index (χ3v) is 7.05. The van der Waals surface area contributed by atoms with Gasteiger partial charge in [0.15, 0.2) is 5.82 Å². The van der Waals surface area contributed by atoms with Crippen LogP contribution in [-0.4, -0.2) is 69.0 Å². The third-order valence-electron chi connectivity index (χ3n) is 6.81. The van der Waals surface area contributed by atoms with Crippen LogP contribution >= 0.6 is 11.6 Å². The van der Waals surface area contributed by atoms with E-state index in [2.05, 4.69) is 15.1 Å². The second-order valence-corrected chi connectivity index (χ2v) is 9.78. The Bertz CT molecular complexity index is 1120. The van der Waals surface area contributed by atoms with Gasteiger partial charge in [0, 0.05) is 49.1 Å².